The van der Waals surface area contributed by atoms with Crippen molar-refractivity contribution in [2.45, 2.75) is 19.3 Å². The van der Waals surface area contributed by atoms with Crippen LogP contribution in [-0.4, -0.2) is 23.2 Å². The minimum atomic E-state index is -0.189. The van der Waals surface area contributed by atoms with E-state index >= 15 is 0 Å². The van der Waals surface area contributed by atoms with Crippen molar-refractivity contribution in [3.63, 3.8) is 0 Å². The summed E-state index contributed by atoms with van der Waals surface area (Å²) < 4.78 is 10.3. The molecule has 0 bridgehead atoms. The van der Waals surface area contributed by atoms with Gasteiger partial charge in [-0.1, -0.05) is 5.16 Å². The molecule has 96 valence electrons. The van der Waals surface area contributed by atoms with Crippen LogP contribution in [0.3, 0.4) is 0 Å². The van der Waals surface area contributed by atoms with Crippen LogP contribution in [-0.2, 0) is 16.0 Å². The molecule has 0 saturated heterocycles. The van der Waals surface area contributed by atoms with E-state index in [0.717, 1.165) is 23.5 Å². The number of rotatable bonds is 5. The molecule has 2 heterocycles. The zero-order valence-electron chi connectivity index (χ0n) is 9.68. The number of hydrogen-bond acceptors (Lipinski definition) is 6. The highest BCUT2D eigenvalue weighted by atomic mass is 79.9. The van der Waals surface area contributed by atoms with Gasteiger partial charge < -0.3 is 9.26 Å². The lowest BCUT2D eigenvalue weighted by atomic mass is 10.2. The van der Waals surface area contributed by atoms with Crippen LogP contribution in [0.25, 0.3) is 11.5 Å². The van der Waals surface area contributed by atoms with Crippen molar-refractivity contribution in [3.8, 4) is 11.5 Å². The average molecular weight is 331 g/mol. The molecule has 0 fully saturated rings. The predicted molar refractivity (Wildman–Crippen MR) is 70.3 cm³/mol. The molecule has 2 aromatic rings. The number of aromatic nitrogens is 2. The lowest BCUT2D eigenvalue weighted by molar-refractivity contribution is -0.140. The number of ether oxygens (including phenoxy) is 1. The molecule has 0 aliphatic rings. The Kier molecular flexibility index (Phi) is 4.48. The van der Waals surface area contributed by atoms with Crippen LogP contribution in [0.1, 0.15) is 17.8 Å². The number of halogens is 1. The first-order valence-corrected chi connectivity index (χ1v) is 7.00. The van der Waals surface area contributed by atoms with Crippen molar-refractivity contribution >= 4 is 33.2 Å². The summed E-state index contributed by atoms with van der Waals surface area (Å²) in [6.45, 7) is 0. The van der Waals surface area contributed by atoms with Gasteiger partial charge in [0.05, 0.1) is 12.1 Å². The van der Waals surface area contributed by atoms with Crippen LogP contribution in [0, 0.1) is 0 Å². The number of esters is 1. The molecular formula is C11H11BrN2O3S. The normalized spacial score (nSPS) is 10.6. The van der Waals surface area contributed by atoms with Gasteiger partial charge in [-0.05, 0) is 28.8 Å². The molecule has 0 unspecified atom stereocenters. The van der Waals surface area contributed by atoms with Crippen molar-refractivity contribution in [2.75, 3.05) is 7.11 Å². The molecule has 0 aliphatic heterocycles. The Morgan fingerprint density at radius 2 is 2.44 bits per heavy atom. The summed E-state index contributed by atoms with van der Waals surface area (Å²) in [4.78, 5) is 15.4. The fourth-order valence-electron chi connectivity index (χ4n) is 1.40. The lowest BCUT2D eigenvalue weighted by Crippen LogP contribution is -2.00. The van der Waals surface area contributed by atoms with Gasteiger partial charge in [0.25, 0.3) is 0 Å². The molecule has 0 aromatic carbocycles. The zero-order valence-corrected chi connectivity index (χ0v) is 12.1. The van der Waals surface area contributed by atoms with E-state index in [1.807, 2.05) is 5.38 Å². The summed E-state index contributed by atoms with van der Waals surface area (Å²) in [5.74, 6) is 0.447. The van der Waals surface area contributed by atoms with Gasteiger partial charge in [0, 0.05) is 17.9 Å². The molecule has 0 saturated carbocycles. The molecule has 2 aromatic heterocycles. The Balaban J connectivity index is 1.92. The van der Waals surface area contributed by atoms with Gasteiger partial charge in [-0.2, -0.15) is 0 Å². The minimum Gasteiger partial charge on any atom is -0.469 e. The Morgan fingerprint density at radius 1 is 1.61 bits per heavy atom. The van der Waals surface area contributed by atoms with Gasteiger partial charge in [0.15, 0.2) is 5.76 Å². The molecule has 0 atom stereocenters. The molecular weight excluding hydrogens is 320 g/mol. The second-order valence-electron chi connectivity index (χ2n) is 3.57. The quantitative estimate of drug-likeness (QED) is 0.788. The highest BCUT2D eigenvalue weighted by Gasteiger charge is 2.10. The van der Waals surface area contributed by atoms with E-state index in [1.165, 1.54) is 7.11 Å². The summed E-state index contributed by atoms with van der Waals surface area (Å²) >= 11 is 4.77. The second-order valence-corrected chi connectivity index (χ2v) is 5.33. The van der Waals surface area contributed by atoms with Crippen LogP contribution >= 0.6 is 27.3 Å². The van der Waals surface area contributed by atoms with E-state index in [-0.39, 0.29) is 5.97 Å². The second kappa shape index (κ2) is 6.10. The first-order valence-electron chi connectivity index (χ1n) is 5.33. The standard InChI is InChI=1S/C11H11BrN2O3S/c1-16-11(15)4-2-3-10-13-7(6-18-10)8-5-9(12)14-17-8/h5-6H,2-4H2,1H3. The maximum Gasteiger partial charge on any atom is 0.305 e. The molecule has 5 nitrogen and oxygen atoms in total. The summed E-state index contributed by atoms with van der Waals surface area (Å²) in [5, 5.41) is 6.63. The summed E-state index contributed by atoms with van der Waals surface area (Å²) in [7, 11) is 1.39. The Hall–Kier alpha value is -1.21. The molecule has 0 amide bonds. The van der Waals surface area contributed by atoms with Crippen LogP contribution in [0.2, 0.25) is 0 Å². The van der Waals surface area contributed by atoms with Crippen molar-refractivity contribution in [2.24, 2.45) is 0 Å². The number of nitrogens with zero attached hydrogens (tertiary/aromatic N) is 2. The fourth-order valence-corrected chi connectivity index (χ4v) is 2.51. The number of carbonyl (C=O) groups is 1. The third-order valence-corrected chi connectivity index (χ3v) is 3.57. The summed E-state index contributed by atoms with van der Waals surface area (Å²) in [6.07, 6.45) is 1.91. The molecule has 18 heavy (non-hydrogen) atoms. The van der Waals surface area contributed by atoms with Gasteiger partial charge in [0.2, 0.25) is 0 Å². The molecule has 0 spiro atoms. The molecule has 0 radical (unpaired) electrons. The monoisotopic (exact) mass is 330 g/mol. The maximum absolute atomic E-state index is 11.0. The largest absolute Gasteiger partial charge is 0.469 e. The van der Waals surface area contributed by atoms with Gasteiger partial charge in [-0.25, -0.2) is 4.98 Å². The SMILES string of the molecule is COC(=O)CCCc1nc(-c2cc(Br)no2)cs1. The Labute approximate surface area is 116 Å². The molecule has 2 rings (SSSR count). The van der Waals surface area contributed by atoms with Crippen molar-refractivity contribution in [3.05, 3.63) is 21.1 Å². The van der Waals surface area contributed by atoms with E-state index in [0.29, 0.717) is 16.8 Å². The van der Waals surface area contributed by atoms with Gasteiger partial charge in [0.1, 0.15) is 10.3 Å². The summed E-state index contributed by atoms with van der Waals surface area (Å²) in [6, 6.07) is 1.77. The van der Waals surface area contributed by atoms with Crippen molar-refractivity contribution in [1.82, 2.24) is 10.1 Å². The topological polar surface area (TPSA) is 65.2 Å². The zero-order chi connectivity index (χ0) is 13.0. The number of aryl methyl sites for hydroxylation is 1. The summed E-state index contributed by atoms with van der Waals surface area (Å²) in [5.41, 5.74) is 0.770. The number of carbonyl (C=O) groups excluding carboxylic acids is 1. The minimum absolute atomic E-state index is 0.189. The maximum atomic E-state index is 11.0. The third-order valence-electron chi connectivity index (χ3n) is 2.28. The van der Waals surface area contributed by atoms with E-state index in [2.05, 4.69) is 30.8 Å². The van der Waals surface area contributed by atoms with Gasteiger partial charge in [-0.15, -0.1) is 11.3 Å². The van der Waals surface area contributed by atoms with Crippen LogP contribution in [0.4, 0.5) is 0 Å². The van der Waals surface area contributed by atoms with Gasteiger partial charge in [-0.3, -0.25) is 4.79 Å². The lowest BCUT2D eigenvalue weighted by Gasteiger charge is -1.96. The number of methoxy groups -OCH3 is 1. The average Bonchev–Trinajstić information content (AvgIpc) is 2.97. The first kappa shape index (κ1) is 13.2. The third kappa shape index (κ3) is 3.39. The van der Waals surface area contributed by atoms with E-state index in [9.17, 15) is 4.79 Å². The van der Waals surface area contributed by atoms with Crippen LogP contribution < -0.4 is 0 Å². The molecule has 0 aliphatic carbocycles. The highest BCUT2D eigenvalue weighted by molar-refractivity contribution is 9.10. The predicted octanol–water partition coefficient (Wildman–Crippen LogP) is 3.06. The van der Waals surface area contributed by atoms with Crippen LogP contribution in [0.15, 0.2) is 20.6 Å². The highest BCUT2D eigenvalue weighted by Crippen LogP contribution is 2.25. The Morgan fingerprint density at radius 3 is 3.11 bits per heavy atom. The Bertz CT molecular complexity index is 538. The van der Waals surface area contributed by atoms with E-state index < -0.39 is 0 Å². The van der Waals surface area contributed by atoms with E-state index in [1.54, 1.807) is 17.4 Å². The van der Waals surface area contributed by atoms with Crippen LogP contribution in [0.5, 0.6) is 0 Å². The first-order chi connectivity index (χ1) is 8.69. The number of thiazole rings is 1. The van der Waals surface area contributed by atoms with Crippen molar-refractivity contribution in [1.29, 1.82) is 0 Å². The molecule has 0 N–H and O–H groups in total. The number of hydrogen-bond donors (Lipinski definition) is 0. The van der Waals surface area contributed by atoms with E-state index in [4.69, 9.17) is 4.52 Å². The van der Waals surface area contributed by atoms with Gasteiger partial charge >= 0.3 is 5.97 Å². The molecule has 7 heteroatoms. The van der Waals surface area contributed by atoms with Crippen molar-refractivity contribution < 1.29 is 14.1 Å². The smallest absolute Gasteiger partial charge is 0.305 e. The fraction of sp³-hybridized carbons (Fsp3) is 0.364.